The SMILES string of the molecule is COC(=O)C(F)(F)F.O=C(O)CC[n+]1ccc(C(=O)NC2CCCCC2)cn1. The Hall–Kier alpha value is -2.72. The van der Waals surface area contributed by atoms with E-state index in [1.165, 1.54) is 30.1 Å². The Morgan fingerprint density at radius 2 is 1.93 bits per heavy atom. The lowest BCUT2D eigenvalue weighted by atomic mass is 9.95. The number of carboxylic acid groups (broad SMARTS) is 1. The van der Waals surface area contributed by atoms with Gasteiger partial charge in [0.05, 0.1) is 12.7 Å². The maximum absolute atomic E-state index is 12.0. The molecule has 1 fully saturated rings. The van der Waals surface area contributed by atoms with Crippen molar-refractivity contribution in [3.05, 3.63) is 24.0 Å². The minimum absolute atomic E-state index is 0.0191. The second-order valence-corrected chi connectivity index (χ2v) is 6.12. The van der Waals surface area contributed by atoms with E-state index >= 15 is 0 Å². The monoisotopic (exact) mass is 406 g/mol. The smallest absolute Gasteiger partial charge is 0.481 e. The molecule has 0 radical (unpaired) electrons. The molecule has 1 aliphatic rings. The maximum Gasteiger partial charge on any atom is 0.490 e. The number of rotatable bonds is 5. The van der Waals surface area contributed by atoms with E-state index in [-0.39, 0.29) is 18.4 Å². The lowest BCUT2D eigenvalue weighted by molar-refractivity contribution is -0.753. The standard InChI is InChI=1S/C14H19N3O3.C3H3F3O2/c18-13(19)7-9-17-8-6-11(10-15-17)14(20)16-12-4-2-1-3-5-12;1-8-2(7)3(4,5)6/h6,8,10,12H,1-5,7,9H2,(H-,16,18,19,20);1H3/p+1. The van der Waals surface area contributed by atoms with E-state index in [1.54, 1.807) is 12.3 Å². The maximum atomic E-state index is 12.0. The van der Waals surface area contributed by atoms with E-state index in [9.17, 15) is 27.6 Å². The van der Waals surface area contributed by atoms with E-state index in [0.29, 0.717) is 19.2 Å². The Labute approximate surface area is 159 Å². The first-order chi connectivity index (χ1) is 13.1. The summed E-state index contributed by atoms with van der Waals surface area (Å²) in [5.41, 5.74) is 0.516. The third-order valence-corrected chi connectivity index (χ3v) is 3.95. The molecule has 0 aromatic carbocycles. The molecule has 0 saturated heterocycles. The molecule has 1 aliphatic carbocycles. The van der Waals surface area contributed by atoms with Crippen LogP contribution in [-0.2, 0) is 20.9 Å². The molecule has 1 saturated carbocycles. The molecule has 1 aromatic rings. The van der Waals surface area contributed by atoms with Crippen LogP contribution in [0.5, 0.6) is 0 Å². The van der Waals surface area contributed by atoms with Crippen LogP contribution in [0.25, 0.3) is 0 Å². The van der Waals surface area contributed by atoms with Crippen molar-refractivity contribution >= 4 is 17.8 Å². The van der Waals surface area contributed by atoms with E-state index in [0.717, 1.165) is 12.8 Å². The molecule has 8 nitrogen and oxygen atoms in total. The summed E-state index contributed by atoms with van der Waals surface area (Å²) >= 11 is 0. The lowest BCUT2D eigenvalue weighted by Crippen LogP contribution is -2.40. The van der Waals surface area contributed by atoms with Crippen LogP contribution < -0.4 is 10.00 Å². The highest BCUT2D eigenvalue weighted by atomic mass is 19.4. The minimum Gasteiger partial charge on any atom is -0.481 e. The number of methoxy groups -OCH3 is 1. The van der Waals surface area contributed by atoms with Gasteiger partial charge in [0, 0.05) is 12.1 Å². The minimum atomic E-state index is -4.85. The average Bonchev–Trinajstić information content (AvgIpc) is 2.66. The number of aromatic nitrogens is 2. The molecule has 1 heterocycles. The van der Waals surface area contributed by atoms with E-state index in [4.69, 9.17) is 5.11 Å². The Balaban J connectivity index is 0.000000416. The highest BCUT2D eigenvalue weighted by Crippen LogP contribution is 2.17. The third kappa shape index (κ3) is 8.78. The quantitative estimate of drug-likeness (QED) is 0.568. The molecular weight excluding hydrogens is 383 g/mol. The van der Waals surface area contributed by atoms with Crippen LogP contribution in [0.15, 0.2) is 18.5 Å². The molecule has 1 aromatic heterocycles. The Morgan fingerprint density at radius 1 is 1.29 bits per heavy atom. The van der Waals surface area contributed by atoms with Gasteiger partial charge in [-0.3, -0.25) is 9.59 Å². The Morgan fingerprint density at radius 3 is 2.36 bits per heavy atom. The van der Waals surface area contributed by atoms with E-state index < -0.39 is 18.1 Å². The predicted molar refractivity (Wildman–Crippen MR) is 89.1 cm³/mol. The zero-order valence-electron chi connectivity index (χ0n) is 15.4. The number of alkyl halides is 3. The molecule has 28 heavy (non-hydrogen) atoms. The number of hydrogen-bond donors (Lipinski definition) is 2. The third-order valence-electron chi connectivity index (χ3n) is 3.95. The van der Waals surface area contributed by atoms with Crippen LogP contribution >= 0.6 is 0 Å². The second-order valence-electron chi connectivity index (χ2n) is 6.12. The molecule has 2 rings (SSSR count). The Bertz CT molecular complexity index is 659. The summed E-state index contributed by atoms with van der Waals surface area (Å²) in [4.78, 5) is 32.0. The van der Waals surface area contributed by atoms with Crippen LogP contribution in [0, 0.1) is 0 Å². The van der Waals surface area contributed by atoms with Gasteiger partial charge in [-0.2, -0.15) is 13.2 Å². The molecule has 0 aliphatic heterocycles. The first-order valence-corrected chi connectivity index (χ1v) is 8.67. The number of amides is 1. The van der Waals surface area contributed by atoms with Crippen LogP contribution in [0.3, 0.4) is 0 Å². The average molecular weight is 406 g/mol. The number of esters is 1. The molecule has 0 unspecified atom stereocenters. The van der Waals surface area contributed by atoms with Gasteiger partial charge in [-0.15, -0.1) is 0 Å². The molecule has 0 atom stereocenters. The number of nitrogens with zero attached hydrogens (tertiary/aromatic N) is 2. The molecule has 1 amide bonds. The fourth-order valence-corrected chi connectivity index (χ4v) is 2.49. The van der Waals surface area contributed by atoms with Gasteiger partial charge < -0.3 is 15.2 Å². The number of halogens is 3. The normalized spacial score (nSPS) is 14.4. The van der Waals surface area contributed by atoms with Crippen LogP contribution in [0.2, 0.25) is 0 Å². The number of carboxylic acids is 1. The van der Waals surface area contributed by atoms with Crippen molar-refractivity contribution in [1.29, 1.82) is 0 Å². The van der Waals surface area contributed by atoms with Gasteiger partial charge in [0.15, 0.2) is 12.7 Å². The van der Waals surface area contributed by atoms with Crippen LogP contribution in [0.4, 0.5) is 13.2 Å². The van der Waals surface area contributed by atoms with Crippen molar-refractivity contribution in [2.24, 2.45) is 0 Å². The highest BCUT2D eigenvalue weighted by Gasteiger charge is 2.40. The highest BCUT2D eigenvalue weighted by molar-refractivity contribution is 5.93. The Kier molecular flexibility index (Phi) is 9.33. The molecule has 156 valence electrons. The first-order valence-electron chi connectivity index (χ1n) is 8.67. The van der Waals surface area contributed by atoms with Gasteiger partial charge in [0.2, 0.25) is 0 Å². The van der Waals surface area contributed by atoms with Crippen LogP contribution in [0.1, 0.15) is 48.9 Å². The topological polar surface area (TPSA) is 109 Å². The summed E-state index contributed by atoms with van der Waals surface area (Å²) in [6.45, 7) is 0.305. The van der Waals surface area contributed by atoms with Gasteiger partial charge in [0.1, 0.15) is 12.6 Å². The summed E-state index contributed by atoms with van der Waals surface area (Å²) in [5.74, 6) is -3.13. The van der Waals surface area contributed by atoms with Gasteiger partial charge in [0.25, 0.3) is 5.91 Å². The van der Waals surface area contributed by atoms with Crippen molar-refractivity contribution in [2.45, 2.75) is 57.3 Å². The van der Waals surface area contributed by atoms with Gasteiger partial charge in [-0.05, 0) is 17.9 Å². The fourth-order valence-electron chi connectivity index (χ4n) is 2.49. The zero-order valence-corrected chi connectivity index (χ0v) is 15.4. The molecule has 0 spiro atoms. The number of carbonyl (C=O) groups is 3. The molecule has 0 bridgehead atoms. The fraction of sp³-hybridized carbons (Fsp3) is 0.588. The predicted octanol–water partition coefficient (Wildman–Crippen LogP) is 1.63. The van der Waals surface area contributed by atoms with Crippen molar-refractivity contribution in [2.75, 3.05) is 7.11 Å². The van der Waals surface area contributed by atoms with Gasteiger partial charge in [-0.1, -0.05) is 23.9 Å². The number of aliphatic carboxylic acids is 1. The number of ether oxygens (including phenoxy) is 1. The number of carbonyl (C=O) groups excluding carboxylic acids is 2. The largest absolute Gasteiger partial charge is 0.490 e. The molecule has 11 heteroatoms. The summed E-state index contributed by atoms with van der Waals surface area (Å²) in [5, 5.41) is 15.7. The number of nitrogens with one attached hydrogen (secondary N) is 1. The first kappa shape index (κ1) is 23.3. The summed E-state index contributed by atoms with van der Waals surface area (Å²) < 4.78 is 37.8. The molecular formula is C17H23F3N3O5+. The summed E-state index contributed by atoms with van der Waals surface area (Å²) in [6, 6.07) is 1.95. The number of hydrogen-bond acceptors (Lipinski definition) is 5. The van der Waals surface area contributed by atoms with E-state index in [2.05, 4.69) is 15.2 Å². The summed E-state index contributed by atoms with van der Waals surface area (Å²) in [6.07, 6.45) is 3.98. The van der Waals surface area contributed by atoms with Gasteiger partial charge in [-0.25, -0.2) is 4.79 Å². The number of aryl methyl sites for hydroxylation is 1. The van der Waals surface area contributed by atoms with Crippen LogP contribution in [-0.4, -0.2) is 47.4 Å². The van der Waals surface area contributed by atoms with E-state index in [1.807, 2.05) is 0 Å². The van der Waals surface area contributed by atoms with Crippen molar-refractivity contribution < 1.29 is 42.1 Å². The van der Waals surface area contributed by atoms with Crippen molar-refractivity contribution in [3.63, 3.8) is 0 Å². The van der Waals surface area contributed by atoms with Crippen molar-refractivity contribution in [3.8, 4) is 0 Å². The summed E-state index contributed by atoms with van der Waals surface area (Å²) in [7, 11) is 0.676. The van der Waals surface area contributed by atoms with Gasteiger partial charge >= 0.3 is 18.1 Å². The lowest BCUT2D eigenvalue weighted by Gasteiger charge is -2.22. The molecule has 2 N–H and O–H groups in total. The second kappa shape index (κ2) is 11.2. The zero-order chi connectivity index (χ0) is 21.2. The van der Waals surface area contributed by atoms with Crippen molar-refractivity contribution in [1.82, 2.24) is 10.4 Å².